The van der Waals surface area contributed by atoms with Crippen LogP contribution in [0.15, 0.2) is 0 Å². The maximum Gasteiger partial charge on any atom is 0.171 e. The monoisotopic (exact) mass is 294 g/mol. The molecule has 3 rings (SSSR count). The van der Waals surface area contributed by atoms with Crippen molar-refractivity contribution >= 4 is 27.8 Å². The first-order valence-electron chi connectivity index (χ1n) is 7.40. The molecule has 2 fully saturated rings. The predicted molar refractivity (Wildman–Crippen MR) is 82.7 cm³/mol. The molecule has 1 saturated heterocycles. The normalized spacial score (nSPS) is 20.4. The molecule has 0 spiro atoms. The Labute approximate surface area is 123 Å². The molecular formula is C15H22N2O2S. The minimum atomic E-state index is 0.0749. The van der Waals surface area contributed by atoms with E-state index in [1.54, 1.807) is 18.3 Å². The van der Waals surface area contributed by atoms with Crippen molar-refractivity contribution in [3.05, 3.63) is 10.4 Å². The number of aliphatic hydroxyl groups excluding tert-OH is 1. The van der Waals surface area contributed by atoms with Gasteiger partial charge in [0.15, 0.2) is 5.78 Å². The lowest BCUT2D eigenvalue weighted by atomic mass is 9.97. The van der Waals surface area contributed by atoms with Gasteiger partial charge in [-0.25, -0.2) is 0 Å². The zero-order chi connectivity index (χ0) is 14.3. The molecule has 1 aliphatic heterocycles. The number of rotatable bonds is 4. The number of thiophene rings is 1. The van der Waals surface area contributed by atoms with Gasteiger partial charge in [-0.15, -0.1) is 11.3 Å². The summed E-state index contributed by atoms with van der Waals surface area (Å²) in [5.74, 6) is 1.07. The zero-order valence-electron chi connectivity index (χ0n) is 11.9. The van der Waals surface area contributed by atoms with E-state index < -0.39 is 0 Å². The van der Waals surface area contributed by atoms with Crippen molar-refractivity contribution in [2.45, 2.75) is 38.5 Å². The fraction of sp³-hybridized carbons (Fsp3) is 0.667. The number of piperidine rings is 1. The van der Waals surface area contributed by atoms with Crippen molar-refractivity contribution in [1.29, 1.82) is 0 Å². The number of aliphatic hydroxyl groups is 1. The lowest BCUT2D eigenvalue weighted by Gasteiger charge is -2.32. The maximum atomic E-state index is 11.7. The Balaban J connectivity index is 1.89. The molecule has 1 aromatic rings. The highest BCUT2D eigenvalue weighted by atomic mass is 32.1. The molecule has 20 heavy (non-hydrogen) atoms. The Hall–Kier alpha value is -1.07. The van der Waals surface area contributed by atoms with Gasteiger partial charge >= 0.3 is 0 Å². The molecule has 1 aliphatic carbocycles. The van der Waals surface area contributed by atoms with Crippen LogP contribution in [0.5, 0.6) is 0 Å². The number of nitrogen functional groups attached to an aromatic ring is 1. The molecule has 3 N–H and O–H groups in total. The van der Waals surface area contributed by atoms with E-state index in [4.69, 9.17) is 5.73 Å². The number of carbonyl (C=O) groups excluding carboxylic acids is 1. The van der Waals surface area contributed by atoms with E-state index in [0.717, 1.165) is 36.5 Å². The smallest absolute Gasteiger partial charge is 0.171 e. The average molecular weight is 294 g/mol. The van der Waals surface area contributed by atoms with Crippen LogP contribution in [0.3, 0.4) is 0 Å². The lowest BCUT2D eigenvalue weighted by molar-refractivity contribution is 0.102. The SMILES string of the molecule is CC(=O)c1sc(N2CCC(CO)CC2)c(C2CC2)c1N. The fourth-order valence-electron chi connectivity index (χ4n) is 3.03. The molecular weight excluding hydrogens is 272 g/mol. The highest BCUT2D eigenvalue weighted by Crippen LogP contribution is 2.52. The first kappa shape index (κ1) is 13.9. The minimum absolute atomic E-state index is 0.0749. The second kappa shape index (κ2) is 5.37. The van der Waals surface area contributed by atoms with Gasteiger partial charge < -0.3 is 15.7 Å². The third-order valence-electron chi connectivity index (χ3n) is 4.43. The fourth-order valence-corrected chi connectivity index (χ4v) is 4.28. The van der Waals surface area contributed by atoms with Crippen LogP contribution in [0.25, 0.3) is 0 Å². The van der Waals surface area contributed by atoms with Crippen molar-refractivity contribution < 1.29 is 9.90 Å². The van der Waals surface area contributed by atoms with Gasteiger partial charge in [-0.05, 0) is 37.5 Å². The number of anilines is 2. The molecule has 2 aliphatic rings. The van der Waals surface area contributed by atoms with E-state index in [9.17, 15) is 9.90 Å². The van der Waals surface area contributed by atoms with Gasteiger partial charge in [-0.2, -0.15) is 0 Å². The Morgan fingerprint density at radius 3 is 2.50 bits per heavy atom. The van der Waals surface area contributed by atoms with Crippen LogP contribution in [-0.4, -0.2) is 30.6 Å². The number of nitrogens with two attached hydrogens (primary N) is 1. The summed E-state index contributed by atoms with van der Waals surface area (Å²) in [6.45, 7) is 3.81. The molecule has 0 unspecified atom stereocenters. The first-order chi connectivity index (χ1) is 9.61. The van der Waals surface area contributed by atoms with Crippen molar-refractivity contribution in [2.24, 2.45) is 5.92 Å². The molecule has 1 aromatic heterocycles. The van der Waals surface area contributed by atoms with E-state index in [2.05, 4.69) is 4.90 Å². The molecule has 0 aromatic carbocycles. The lowest BCUT2D eigenvalue weighted by Crippen LogP contribution is -2.34. The molecule has 0 amide bonds. The number of carbonyl (C=O) groups is 1. The Kier molecular flexibility index (Phi) is 3.73. The molecule has 0 bridgehead atoms. The van der Waals surface area contributed by atoms with E-state index in [0.29, 0.717) is 11.8 Å². The van der Waals surface area contributed by atoms with Crippen molar-refractivity contribution in [3.8, 4) is 0 Å². The molecule has 0 atom stereocenters. The van der Waals surface area contributed by atoms with Gasteiger partial charge in [0.2, 0.25) is 0 Å². The molecule has 4 nitrogen and oxygen atoms in total. The van der Waals surface area contributed by atoms with E-state index >= 15 is 0 Å². The van der Waals surface area contributed by atoms with Gasteiger partial charge in [-0.1, -0.05) is 0 Å². The second-order valence-electron chi connectivity index (χ2n) is 6.01. The summed E-state index contributed by atoms with van der Waals surface area (Å²) in [6.07, 6.45) is 4.43. The number of hydrogen-bond acceptors (Lipinski definition) is 5. The van der Waals surface area contributed by atoms with Gasteiger partial charge in [0.25, 0.3) is 0 Å². The standard InChI is InChI=1S/C15H22N2O2S/c1-9(19)14-13(16)12(11-2-3-11)15(20-14)17-6-4-10(8-18)5-7-17/h10-11,18H,2-8,16H2,1H3. The van der Waals surface area contributed by atoms with Crippen molar-refractivity contribution in [2.75, 3.05) is 30.3 Å². The maximum absolute atomic E-state index is 11.7. The Bertz CT molecular complexity index is 514. The minimum Gasteiger partial charge on any atom is -0.397 e. The van der Waals surface area contributed by atoms with Crippen LogP contribution >= 0.6 is 11.3 Å². The molecule has 5 heteroatoms. The molecule has 1 saturated carbocycles. The van der Waals surface area contributed by atoms with Crippen molar-refractivity contribution in [3.63, 3.8) is 0 Å². The highest BCUT2D eigenvalue weighted by molar-refractivity contribution is 7.18. The van der Waals surface area contributed by atoms with Crippen molar-refractivity contribution in [1.82, 2.24) is 0 Å². The van der Waals surface area contributed by atoms with E-state index in [-0.39, 0.29) is 12.4 Å². The number of ketones is 1. The average Bonchev–Trinajstić information content (AvgIpc) is 3.22. The summed E-state index contributed by atoms with van der Waals surface area (Å²) >= 11 is 1.57. The highest BCUT2D eigenvalue weighted by Gasteiger charge is 2.34. The van der Waals surface area contributed by atoms with Crippen LogP contribution in [0.2, 0.25) is 0 Å². The summed E-state index contributed by atoms with van der Waals surface area (Å²) in [7, 11) is 0. The quantitative estimate of drug-likeness (QED) is 0.838. The Morgan fingerprint density at radius 2 is 2.00 bits per heavy atom. The van der Waals surface area contributed by atoms with Gasteiger partial charge in [-0.3, -0.25) is 4.79 Å². The number of hydrogen-bond donors (Lipinski definition) is 2. The van der Waals surface area contributed by atoms with Gasteiger partial charge in [0.05, 0.1) is 15.6 Å². The van der Waals surface area contributed by atoms with Crippen LogP contribution in [0.1, 0.15) is 53.8 Å². The molecule has 110 valence electrons. The molecule has 2 heterocycles. The Morgan fingerprint density at radius 1 is 1.35 bits per heavy atom. The van der Waals surface area contributed by atoms with Gasteiger partial charge in [0.1, 0.15) is 0 Å². The van der Waals surface area contributed by atoms with Crippen LogP contribution in [0.4, 0.5) is 10.7 Å². The van der Waals surface area contributed by atoms with E-state index in [1.807, 2.05) is 0 Å². The number of Topliss-reactive ketones (excluding diaryl/α,β-unsaturated/α-hetero) is 1. The third-order valence-corrected chi connectivity index (χ3v) is 5.81. The first-order valence-corrected chi connectivity index (χ1v) is 8.22. The molecule has 0 radical (unpaired) electrons. The summed E-state index contributed by atoms with van der Waals surface area (Å²) in [6, 6.07) is 0. The summed E-state index contributed by atoms with van der Waals surface area (Å²) in [4.78, 5) is 14.8. The predicted octanol–water partition coefficient (Wildman–Crippen LogP) is 2.62. The summed E-state index contributed by atoms with van der Waals surface area (Å²) < 4.78 is 0. The van der Waals surface area contributed by atoms with Crippen LogP contribution in [0, 0.1) is 5.92 Å². The third kappa shape index (κ3) is 2.44. The summed E-state index contributed by atoms with van der Waals surface area (Å²) in [5, 5.41) is 10.5. The summed E-state index contributed by atoms with van der Waals surface area (Å²) in [5.41, 5.74) is 8.18. The number of nitrogens with zero attached hydrogens (tertiary/aromatic N) is 1. The topological polar surface area (TPSA) is 66.6 Å². The van der Waals surface area contributed by atoms with Gasteiger partial charge in [0, 0.05) is 32.2 Å². The largest absolute Gasteiger partial charge is 0.397 e. The van der Waals surface area contributed by atoms with E-state index in [1.165, 1.54) is 23.4 Å². The van der Waals surface area contributed by atoms with Crippen LogP contribution in [-0.2, 0) is 0 Å². The van der Waals surface area contributed by atoms with Crippen LogP contribution < -0.4 is 10.6 Å². The zero-order valence-corrected chi connectivity index (χ0v) is 12.7. The second-order valence-corrected chi connectivity index (χ2v) is 7.01.